The minimum absolute atomic E-state index is 0.0403. The number of nitrogens with zero attached hydrogens (tertiary/aromatic N) is 3. The van der Waals surface area contributed by atoms with E-state index in [1.165, 1.54) is 37.7 Å². The Morgan fingerprint density at radius 1 is 1.28 bits per heavy atom. The van der Waals surface area contributed by atoms with E-state index in [-0.39, 0.29) is 23.3 Å². The van der Waals surface area contributed by atoms with E-state index in [0.717, 1.165) is 0 Å². The predicted octanol–water partition coefficient (Wildman–Crippen LogP) is 2.21. The Morgan fingerprint density at radius 2 is 2.00 bits per heavy atom. The number of piperidine rings is 1. The zero-order valence-electron chi connectivity index (χ0n) is 13.7. The second-order valence-electron chi connectivity index (χ2n) is 5.89. The number of methoxy groups -OCH3 is 1. The zero-order valence-corrected chi connectivity index (χ0v) is 13.7. The van der Waals surface area contributed by atoms with Crippen molar-refractivity contribution in [2.45, 2.75) is 18.9 Å². The Balaban J connectivity index is 1.65. The molecule has 7 nitrogen and oxygen atoms in total. The second kappa shape index (κ2) is 6.92. The molecular weight excluding hydrogens is 329 g/mol. The lowest BCUT2D eigenvalue weighted by Crippen LogP contribution is -2.39. The van der Waals surface area contributed by atoms with Gasteiger partial charge >= 0.3 is 5.97 Å². The quantitative estimate of drug-likeness (QED) is 0.917. The van der Waals surface area contributed by atoms with Gasteiger partial charge < -0.3 is 14.7 Å². The molecule has 1 fully saturated rings. The molecule has 25 heavy (non-hydrogen) atoms. The van der Waals surface area contributed by atoms with Gasteiger partial charge in [-0.3, -0.25) is 9.48 Å². The summed E-state index contributed by atoms with van der Waals surface area (Å²) in [5.41, 5.74) is 0.529. The van der Waals surface area contributed by atoms with E-state index in [9.17, 15) is 14.0 Å². The molecule has 0 spiro atoms. The number of carbonyl (C=O) groups is 2. The molecule has 0 atom stereocenters. The molecule has 1 amide bonds. The summed E-state index contributed by atoms with van der Waals surface area (Å²) in [6.07, 6.45) is 4.18. The number of carbonyl (C=O) groups excluding carboxylic acids is 1. The number of aromatic carboxylic acids is 1. The summed E-state index contributed by atoms with van der Waals surface area (Å²) in [5.74, 6) is -1.66. The van der Waals surface area contributed by atoms with Gasteiger partial charge in [0.05, 0.1) is 24.9 Å². The maximum atomic E-state index is 13.5. The first kappa shape index (κ1) is 16.9. The molecule has 1 aromatic heterocycles. The van der Waals surface area contributed by atoms with Crippen molar-refractivity contribution in [2.75, 3.05) is 20.2 Å². The monoisotopic (exact) mass is 347 g/mol. The number of carboxylic acids is 1. The fourth-order valence-electron chi connectivity index (χ4n) is 2.96. The summed E-state index contributed by atoms with van der Waals surface area (Å²) in [6.45, 7) is 1.04. The van der Waals surface area contributed by atoms with Crippen LogP contribution in [0, 0.1) is 5.82 Å². The number of hydrogen-bond donors (Lipinski definition) is 1. The van der Waals surface area contributed by atoms with Crippen molar-refractivity contribution in [3.05, 3.63) is 47.5 Å². The molecule has 1 aliphatic heterocycles. The highest BCUT2D eigenvalue weighted by molar-refractivity contribution is 5.94. The van der Waals surface area contributed by atoms with E-state index >= 15 is 0 Å². The van der Waals surface area contributed by atoms with Crippen molar-refractivity contribution in [1.82, 2.24) is 14.7 Å². The van der Waals surface area contributed by atoms with Gasteiger partial charge in [0.2, 0.25) is 0 Å². The van der Waals surface area contributed by atoms with Crippen LogP contribution in [-0.4, -0.2) is 51.9 Å². The van der Waals surface area contributed by atoms with Gasteiger partial charge in [-0.05, 0) is 31.0 Å². The van der Waals surface area contributed by atoms with Crippen molar-refractivity contribution in [3.8, 4) is 5.75 Å². The molecule has 2 aromatic rings. The number of aromatic nitrogens is 2. The van der Waals surface area contributed by atoms with E-state index in [1.54, 1.807) is 9.58 Å². The van der Waals surface area contributed by atoms with Crippen LogP contribution in [0.1, 0.15) is 39.6 Å². The standard InChI is InChI=1S/C17H18FN3O4/c1-25-15-8-11(2-3-14(15)18)16(22)20-6-4-13(5-7-20)21-10-12(9-19-21)17(23)24/h2-3,8-10,13H,4-7H2,1H3,(H,23,24). The van der Waals surface area contributed by atoms with Gasteiger partial charge in [0, 0.05) is 24.8 Å². The molecule has 3 rings (SSSR count). The Bertz CT molecular complexity index is 797. The van der Waals surface area contributed by atoms with Gasteiger partial charge in [-0.2, -0.15) is 5.10 Å². The number of hydrogen-bond acceptors (Lipinski definition) is 4. The van der Waals surface area contributed by atoms with Gasteiger partial charge in [0.25, 0.3) is 5.91 Å². The number of likely N-dealkylation sites (tertiary alicyclic amines) is 1. The van der Waals surface area contributed by atoms with E-state index in [2.05, 4.69) is 5.10 Å². The lowest BCUT2D eigenvalue weighted by molar-refractivity contribution is 0.0688. The molecule has 0 bridgehead atoms. The number of amides is 1. The van der Waals surface area contributed by atoms with Crippen molar-refractivity contribution in [3.63, 3.8) is 0 Å². The summed E-state index contributed by atoms with van der Waals surface area (Å²) in [5, 5.41) is 13.1. The van der Waals surface area contributed by atoms with Crippen LogP contribution < -0.4 is 4.74 Å². The summed E-state index contributed by atoms with van der Waals surface area (Å²) in [6, 6.07) is 4.12. The summed E-state index contributed by atoms with van der Waals surface area (Å²) in [4.78, 5) is 25.2. The molecule has 2 heterocycles. The van der Waals surface area contributed by atoms with Gasteiger partial charge in [-0.15, -0.1) is 0 Å². The molecule has 0 unspecified atom stereocenters. The van der Waals surface area contributed by atoms with E-state index in [1.807, 2.05) is 0 Å². The molecule has 1 N–H and O–H groups in total. The highest BCUT2D eigenvalue weighted by Crippen LogP contribution is 2.25. The minimum atomic E-state index is -1.01. The average molecular weight is 347 g/mol. The first-order chi connectivity index (χ1) is 12.0. The summed E-state index contributed by atoms with van der Waals surface area (Å²) >= 11 is 0. The third-order valence-electron chi connectivity index (χ3n) is 4.37. The average Bonchev–Trinajstić information content (AvgIpc) is 3.12. The SMILES string of the molecule is COc1cc(C(=O)N2CCC(n3cc(C(=O)O)cn3)CC2)ccc1F. The van der Waals surface area contributed by atoms with Crippen LogP contribution >= 0.6 is 0 Å². The second-order valence-corrected chi connectivity index (χ2v) is 5.89. The fourth-order valence-corrected chi connectivity index (χ4v) is 2.96. The topological polar surface area (TPSA) is 84.7 Å². The summed E-state index contributed by atoms with van der Waals surface area (Å²) in [7, 11) is 1.35. The highest BCUT2D eigenvalue weighted by atomic mass is 19.1. The molecule has 1 aromatic carbocycles. The molecule has 132 valence electrons. The number of carboxylic acid groups (broad SMARTS) is 1. The lowest BCUT2D eigenvalue weighted by atomic mass is 10.0. The first-order valence-electron chi connectivity index (χ1n) is 7.90. The molecule has 1 aliphatic rings. The Morgan fingerprint density at radius 3 is 2.60 bits per heavy atom. The Hall–Kier alpha value is -2.90. The maximum Gasteiger partial charge on any atom is 0.338 e. The van der Waals surface area contributed by atoms with Crippen LogP contribution in [0.5, 0.6) is 5.75 Å². The van der Waals surface area contributed by atoms with Crippen molar-refractivity contribution in [2.24, 2.45) is 0 Å². The van der Waals surface area contributed by atoms with Crippen LogP contribution in [0.25, 0.3) is 0 Å². The van der Waals surface area contributed by atoms with Crippen molar-refractivity contribution in [1.29, 1.82) is 0 Å². The fraction of sp³-hybridized carbons (Fsp3) is 0.353. The molecule has 0 radical (unpaired) electrons. The Labute approximate surface area is 143 Å². The van der Waals surface area contributed by atoms with Gasteiger partial charge in [-0.25, -0.2) is 9.18 Å². The third kappa shape index (κ3) is 3.47. The zero-order chi connectivity index (χ0) is 18.0. The number of rotatable bonds is 4. The normalized spacial score (nSPS) is 15.2. The molecule has 0 aliphatic carbocycles. The minimum Gasteiger partial charge on any atom is -0.494 e. The van der Waals surface area contributed by atoms with E-state index in [4.69, 9.17) is 9.84 Å². The summed E-state index contributed by atoms with van der Waals surface area (Å²) < 4.78 is 20.0. The molecule has 8 heteroatoms. The van der Waals surface area contributed by atoms with Crippen LogP contribution in [0.4, 0.5) is 4.39 Å². The number of benzene rings is 1. The maximum absolute atomic E-state index is 13.5. The van der Waals surface area contributed by atoms with Crippen LogP contribution in [-0.2, 0) is 0 Å². The molecule has 1 saturated heterocycles. The lowest BCUT2D eigenvalue weighted by Gasteiger charge is -2.32. The third-order valence-corrected chi connectivity index (χ3v) is 4.37. The van der Waals surface area contributed by atoms with E-state index < -0.39 is 11.8 Å². The molecule has 0 saturated carbocycles. The Kier molecular flexibility index (Phi) is 4.69. The first-order valence-corrected chi connectivity index (χ1v) is 7.90. The van der Waals surface area contributed by atoms with Crippen LogP contribution in [0.15, 0.2) is 30.6 Å². The van der Waals surface area contributed by atoms with Crippen LogP contribution in [0.3, 0.4) is 0 Å². The molecular formula is C17H18FN3O4. The number of halogens is 1. The van der Waals surface area contributed by atoms with Crippen molar-refractivity contribution >= 4 is 11.9 Å². The van der Waals surface area contributed by atoms with Gasteiger partial charge in [0.1, 0.15) is 0 Å². The van der Waals surface area contributed by atoms with Gasteiger partial charge in [-0.1, -0.05) is 0 Å². The van der Waals surface area contributed by atoms with Crippen LogP contribution in [0.2, 0.25) is 0 Å². The largest absolute Gasteiger partial charge is 0.494 e. The van der Waals surface area contributed by atoms with Crippen molar-refractivity contribution < 1.29 is 23.8 Å². The van der Waals surface area contributed by atoms with E-state index in [0.29, 0.717) is 31.5 Å². The van der Waals surface area contributed by atoms with Gasteiger partial charge in [0.15, 0.2) is 11.6 Å². The predicted molar refractivity (Wildman–Crippen MR) is 86.3 cm³/mol. The highest BCUT2D eigenvalue weighted by Gasteiger charge is 2.26. The smallest absolute Gasteiger partial charge is 0.338 e. The number of ether oxygens (including phenoxy) is 1.